The van der Waals surface area contributed by atoms with E-state index in [0.29, 0.717) is 22.1 Å². The minimum Gasteiger partial charge on any atom is -0.461 e. The lowest BCUT2D eigenvalue weighted by atomic mass is 10.2. The van der Waals surface area contributed by atoms with Gasteiger partial charge in [-0.2, -0.15) is 0 Å². The van der Waals surface area contributed by atoms with E-state index in [1.165, 1.54) is 29.6 Å². The van der Waals surface area contributed by atoms with E-state index in [9.17, 15) is 14.4 Å². The molecule has 0 unspecified atom stereocenters. The number of fused-ring (bicyclic) bond motifs is 1. The molecule has 0 bridgehead atoms. The van der Waals surface area contributed by atoms with E-state index in [4.69, 9.17) is 10.2 Å². The molecule has 2 N–H and O–H groups in total. The number of para-hydroxylation sites is 1. The molecule has 0 amide bonds. The Morgan fingerprint density at radius 2 is 1.75 bits per heavy atom. The summed E-state index contributed by atoms with van der Waals surface area (Å²) in [5.74, 6) is 0.130. The highest BCUT2D eigenvalue weighted by atomic mass is 32.2. The molecule has 0 aliphatic carbocycles. The van der Waals surface area contributed by atoms with Gasteiger partial charge in [-0.05, 0) is 23.8 Å². The third kappa shape index (κ3) is 4.34. The molecule has 0 radical (unpaired) electrons. The molecule has 36 heavy (non-hydrogen) atoms. The molecule has 180 valence electrons. The van der Waals surface area contributed by atoms with Gasteiger partial charge in [-0.1, -0.05) is 60.3 Å². The van der Waals surface area contributed by atoms with Crippen molar-refractivity contribution in [2.75, 3.05) is 11.5 Å². The smallest absolute Gasteiger partial charge is 0.332 e. The third-order valence-electron chi connectivity index (χ3n) is 5.70. The van der Waals surface area contributed by atoms with Crippen LogP contribution in [0.3, 0.4) is 0 Å². The lowest BCUT2D eigenvalue weighted by Gasteiger charge is -2.15. The zero-order valence-electron chi connectivity index (χ0n) is 19.2. The number of benzene rings is 2. The molecule has 0 spiro atoms. The molecule has 3 aromatic heterocycles. The first kappa shape index (κ1) is 23.3. The summed E-state index contributed by atoms with van der Waals surface area (Å²) in [7, 11) is 1.34. The highest BCUT2D eigenvalue weighted by Gasteiger charge is 2.22. The molecule has 0 fully saturated rings. The fourth-order valence-corrected chi connectivity index (χ4v) is 4.73. The van der Waals surface area contributed by atoms with Crippen LogP contribution in [-0.4, -0.2) is 30.6 Å². The van der Waals surface area contributed by atoms with Crippen molar-refractivity contribution in [3.8, 4) is 11.6 Å². The maximum Gasteiger partial charge on any atom is 0.332 e. The number of carbonyl (C=O) groups excluding carboxylic acids is 1. The van der Waals surface area contributed by atoms with Gasteiger partial charge < -0.3 is 10.2 Å². The van der Waals surface area contributed by atoms with E-state index in [0.717, 1.165) is 15.5 Å². The van der Waals surface area contributed by atoms with Crippen molar-refractivity contribution in [1.82, 2.24) is 19.1 Å². The quantitative estimate of drug-likeness (QED) is 0.205. The van der Waals surface area contributed by atoms with E-state index in [-0.39, 0.29) is 23.7 Å². The summed E-state index contributed by atoms with van der Waals surface area (Å²) < 4.78 is 7.59. The number of furan rings is 1. The first-order valence-corrected chi connectivity index (χ1v) is 12.0. The van der Waals surface area contributed by atoms with Crippen LogP contribution < -0.4 is 17.0 Å². The van der Waals surface area contributed by atoms with Crippen LogP contribution in [0.5, 0.6) is 0 Å². The molecule has 5 rings (SSSR count). The Morgan fingerprint density at radius 3 is 2.50 bits per heavy atom. The van der Waals surface area contributed by atoms with Gasteiger partial charge in [0.1, 0.15) is 16.4 Å². The second kappa shape index (κ2) is 9.67. The zero-order valence-corrected chi connectivity index (χ0v) is 20.1. The molecule has 5 aromatic rings. The van der Waals surface area contributed by atoms with E-state index >= 15 is 0 Å². The predicted molar refractivity (Wildman–Crippen MR) is 138 cm³/mol. The second-order valence-corrected chi connectivity index (χ2v) is 9.00. The maximum absolute atomic E-state index is 13.3. The Morgan fingerprint density at radius 1 is 1.00 bits per heavy atom. The van der Waals surface area contributed by atoms with Crippen LogP contribution in [0.2, 0.25) is 0 Å². The molecule has 0 atom stereocenters. The number of thioether (sulfide) groups is 1. The molecule has 0 aliphatic heterocycles. The standard InChI is InChI=1S/C26H21N5O4S/c1-30-25(33)21(22(27)31(26(30)34)14-16-8-3-2-4-9-16)19(32)15-36-24-17-10-5-6-11-18(17)28-23(29-24)20-12-7-13-35-20/h2-13H,14-15,27H2,1H3. The molecule has 2 aromatic carbocycles. The summed E-state index contributed by atoms with van der Waals surface area (Å²) in [6.45, 7) is 0.135. The predicted octanol–water partition coefficient (Wildman–Crippen LogP) is 3.36. The number of anilines is 1. The van der Waals surface area contributed by atoms with Crippen LogP contribution in [0, 0.1) is 0 Å². The largest absolute Gasteiger partial charge is 0.461 e. The molecule has 9 nitrogen and oxygen atoms in total. The van der Waals surface area contributed by atoms with Crippen LogP contribution >= 0.6 is 11.8 Å². The van der Waals surface area contributed by atoms with Crippen LogP contribution in [0.4, 0.5) is 5.82 Å². The summed E-state index contributed by atoms with van der Waals surface area (Å²) in [6.07, 6.45) is 1.53. The number of Topliss-reactive ketones (excluding diaryl/α,β-unsaturated/α-hetero) is 1. The highest BCUT2D eigenvalue weighted by molar-refractivity contribution is 8.00. The number of nitrogens with zero attached hydrogens (tertiary/aromatic N) is 4. The lowest BCUT2D eigenvalue weighted by Crippen LogP contribution is -2.43. The number of hydrogen-bond acceptors (Lipinski definition) is 8. The van der Waals surface area contributed by atoms with Crippen molar-refractivity contribution < 1.29 is 9.21 Å². The average molecular weight is 500 g/mol. The van der Waals surface area contributed by atoms with Crippen molar-refractivity contribution in [2.45, 2.75) is 11.6 Å². The number of nitrogen functional groups attached to an aromatic ring is 1. The molecule has 0 saturated carbocycles. The first-order chi connectivity index (χ1) is 17.4. The monoisotopic (exact) mass is 499 g/mol. The highest BCUT2D eigenvalue weighted by Crippen LogP contribution is 2.29. The number of carbonyl (C=O) groups is 1. The van der Waals surface area contributed by atoms with Gasteiger partial charge in [0.25, 0.3) is 5.56 Å². The summed E-state index contributed by atoms with van der Waals surface area (Å²) in [5, 5.41) is 1.33. The average Bonchev–Trinajstić information content (AvgIpc) is 3.44. The number of ketones is 1. The van der Waals surface area contributed by atoms with Crippen molar-refractivity contribution in [3.05, 3.63) is 105 Å². The van der Waals surface area contributed by atoms with Crippen molar-refractivity contribution in [2.24, 2.45) is 7.05 Å². The Kier molecular flexibility index (Phi) is 6.26. The first-order valence-electron chi connectivity index (χ1n) is 11.0. The minimum absolute atomic E-state index is 0.110. The van der Waals surface area contributed by atoms with Crippen molar-refractivity contribution in [3.63, 3.8) is 0 Å². The molecule has 0 aliphatic rings. The van der Waals surface area contributed by atoms with E-state index in [1.54, 1.807) is 12.1 Å². The molecule has 0 saturated heterocycles. The summed E-state index contributed by atoms with van der Waals surface area (Å²) in [4.78, 5) is 48.1. The lowest BCUT2D eigenvalue weighted by molar-refractivity contribution is 0.102. The van der Waals surface area contributed by atoms with Gasteiger partial charge in [0.2, 0.25) is 0 Å². The third-order valence-corrected chi connectivity index (χ3v) is 6.69. The molecular formula is C26H21N5O4S. The SMILES string of the molecule is Cn1c(=O)c(C(=O)CSc2nc(-c3ccco3)nc3ccccc23)c(N)n(Cc2ccccc2)c1=O. The zero-order chi connectivity index (χ0) is 25.2. The van der Waals surface area contributed by atoms with E-state index in [2.05, 4.69) is 9.97 Å². The Labute approximate surface area is 209 Å². The topological polar surface area (TPSA) is 126 Å². The van der Waals surface area contributed by atoms with Gasteiger partial charge in [-0.15, -0.1) is 0 Å². The number of rotatable bonds is 7. The Bertz CT molecular complexity index is 1690. The van der Waals surface area contributed by atoms with Gasteiger partial charge in [0.15, 0.2) is 17.4 Å². The van der Waals surface area contributed by atoms with E-state index < -0.39 is 17.0 Å². The van der Waals surface area contributed by atoms with E-state index in [1.807, 2.05) is 54.6 Å². The van der Waals surface area contributed by atoms with Gasteiger partial charge in [-0.25, -0.2) is 14.8 Å². The van der Waals surface area contributed by atoms with Gasteiger partial charge in [0.05, 0.1) is 24.1 Å². The molecule has 10 heteroatoms. The van der Waals surface area contributed by atoms with Crippen molar-refractivity contribution in [1.29, 1.82) is 0 Å². The van der Waals surface area contributed by atoms with Gasteiger partial charge >= 0.3 is 5.69 Å². The normalized spacial score (nSPS) is 11.1. The second-order valence-electron chi connectivity index (χ2n) is 8.04. The number of hydrogen-bond donors (Lipinski definition) is 1. The van der Waals surface area contributed by atoms with Crippen LogP contribution in [0.1, 0.15) is 15.9 Å². The Hall–Kier alpha value is -4.44. The van der Waals surface area contributed by atoms with Crippen LogP contribution in [-0.2, 0) is 13.6 Å². The maximum atomic E-state index is 13.3. The Balaban J connectivity index is 1.50. The summed E-state index contributed by atoms with van der Waals surface area (Å²) >= 11 is 1.17. The summed E-state index contributed by atoms with van der Waals surface area (Å²) in [6, 6.07) is 20.1. The number of nitrogens with two attached hydrogens (primary N) is 1. The van der Waals surface area contributed by atoms with Gasteiger partial charge in [-0.3, -0.25) is 18.7 Å². The minimum atomic E-state index is -0.726. The van der Waals surface area contributed by atoms with Crippen molar-refractivity contribution >= 4 is 34.3 Å². The fraction of sp³-hybridized carbons (Fsp3) is 0.115. The summed E-state index contributed by atoms with van der Waals surface area (Å²) in [5.41, 5.74) is 6.21. The molecule has 3 heterocycles. The molecular weight excluding hydrogens is 478 g/mol. The van der Waals surface area contributed by atoms with Crippen LogP contribution in [0.15, 0.2) is 92.0 Å². The van der Waals surface area contributed by atoms with Gasteiger partial charge in [0, 0.05) is 12.4 Å². The number of aromatic nitrogens is 4. The van der Waals surface area contributed by atoms with Crippen LogP contribution in [0.25, 0.3) is 22.5 Å². The fourth-order valence-electron chi connectivity index (χ4n) is 3.84.